The topological polar surface area (TPSA) is 26.0 Å². The third kappa shape index (κ3) is 1.71. The molecule has 0 saturated carbocycles. The Labute approximate surface area is 105 Å². The van der Waals surface area contributed by atoms with Crippen LogP contribution in [0.4, 0.5) is 5.69 Å². The van der Waals surface area contributed by atoms with Gasteiger partial charge in [-0.25, -0.2) is 0 Å². The van der Waals surface area contributed by atoms with Crippen LogP contribution in [0.1, 0.15) is 5.56 Å². The third-order valence-corrected chi connectivity index (χ3v) is 3.94. The first-order valence-corrected chi connectivity index (χ1v) is 6.46. The van der Waals surface area contributed by atoms with Gasteiger partial charge >= 0.3 is 0 Å². The Kier molecular flexibility index (Phi) is 2.37. The van der Waals surface area contributed by atoms with Gasteiger partial charge in [0.15, 0.2) is 0 Å². The van der Waals surface area contributed by atoms with Gasteiger partial charge < -0.3 is 5.73 Å². The monoisotopic (exact) mass is 239 g/mol. The van der Waals surface area contributed by atoms with E-state index in [0.717, 1.165) is 11.3 Å². The molecule has 2 N–H and O–H groups in total. The van der Waals surface area contributed by atoms with Gasteiger partial charge in [-0.15, -0.1) is 11.3 Å². The molecule has 0 bridgehead atoms. The lowest BCUT2D eigenvalue weighted by atomic mass is 10.0. The number of thiophene rings is 1. The predicted octanol–water partition coefficient (Wildman–Crippen LogP) is 4.46. The van der Waals surface area contributed by atoms with Crippen LogP contribution in [0.25, 0.3) is 21.2 Å². The second-order valence-electron chi connectivity index (χ2n) is 4.24. The predicted molar refractivity (Wildman–Crippen MR) is 76.4 cm³/mol. The first kappa shape index (κ1) is 10.4. The van der Waals surface area contributed by atoms with Crippen LogP contribution in [-0.2, 0) is 0 Å². The molecule has 0 atom stereocenters. The summed E-state index contributed by atoms with van der Waals surface area (Å²) in [7, 11) is 0. The fraction of sp³-hybridized carbons (Fsp3) is 0.0667. The van der Waals surface area contributed by atoms with Gasteiger partial charge in [-0.1, -0.05) is 30.3 Å². The van der Waals surface area contributed by atoms with Crippen LogP contribution >= 0.6 is 11.3 Å². The number of nitrogens with two attached hydrogens (primary N) is 1. The molecule has 17 heavy (non-hydrogen) atoms. The number of benzene rings is 2. The van der Waals surface area contributed by atoms with Gasteiger partial charge in [-0.05, 0) is 35.4 Å². The van der Waals surface area contributed by atoms with Crippen LogP contribution in [0, 0.1) is 6.92 Å². The van der Waals surface area contributed by atoms with Gasteiger partial charge in [0.1, 0.15) is 0 Å². The fourth-order valence-electron chi connectivity index (χ4n) is 2.13. The Balaban J connectivity index is 2.30. The summed E-state index contributed by atoms with van der Waals surface area (Å²) in [6.45, 7) is 2.06. The Bertz CT molecular complexity index is 682. The van der Waals surface area contributed by atoms with Gasteiger partial charge in [0, 0.05) is 21.5 Å². The van der Waals surface area contributed by atoms with Crippen LogP contribution in [0.2, 0.25) is 0 Å². The Morgan fingerprint density at radius 1 is 1.00 bits per heavy atom. The largest absolute Gasteiger partial charge is 0.398 e. The lowest BCUT2D eigenvalue weighted by Crippen LogP contribution is -1.90. The molecule has 0 spiro atoms. The molecule has 0 unspecified atom stereocenters. The zero-order chi connectivity index (χ0) is 11.8. The zero-order valence-corrected chi connectivity index (χ0v) is 10.4. The number of rotatable bonds is 1. The maximum absolute atomic E-state index is 6.12. The molecule has 0 aliphatic rings. The van der Waals surface area contributed by atoms with E-state index in [9.17, 15) is 0 Å². The van der Waals surface area contributed by atoms with E-state index in [1.54, 1.807) is 11.3 Å². The maximum atomic E-state index is 6.12. The molecular weight excluding hydrogens is 226 g/mol. The van der Waals surface area contributed by atoms with Crippen LogP contribution < -0.4 is 5.73 Å². The van der Waals surface area contributed by atoms with Crippen molar-refractivity contribution in [3.05, 3.63) is 53.4 Å². The molecule has 0 aliphatic carbocycles. The van der Waals surface area contributed by atoms with Gasteiger partial charge in [-0.3, -0.25) is 0 Å². The molecule has 3 rings (SSSR count). The highest BCUT2D eigenvalue weighted by molar-refractivity contribution is 7.17. The summed E-state index contributed by atoms with van der Waals surface area (Å²) in [5, 5.41) is 3.41. The fourth-order valence-corrected chi connectivity index (χ4v) is 3.06. The smallest absolute Gasteiger partial charge is 0.0421 e. The molecule has 0 fully saturated rings. The Morgan fingerprint density at radius 2 is 1.88 bits per heavy atom. The number of anilines is 1. The lowest BCUT2D eigenvalue weighted by molar-refractivity contribution is 1.47. The van der Waals surface area contributed by atoms with Gasteiger partial charge in [0.2, 0.25) is 0 Å². The zero-order valence-electron chi connectivity index (χ0n) is 9.60. The van der Waals surface area contributed by atoms with Gasteiger partial charge in [-0.2, -0.15) is 0 Å². The lowest BCUT2D eigenvalue weighted by Gasteiger charge is -2.08. The molecule has 2 aromatic carbocycles. The number of fused-ring (bicyclic) bond motifs is 1. The van der Waals surface area contributed by atoms with Gasteiger partial charge in [0.05, 0.1) is 0 Å². The van der Waals surface area contributed by atoms with Crippen molar-refractivity contribution in [3.63, 3.8) is 0 Å². The Hall–Kier alpha value is -1.80. The van der Waals surface area contributed by atoms with E-state index in [4.69, 9.17) is 5.73 Å². The molecule has 0 amide bonds. The van der Waals surface area contributed by atoms with Crippen LogP contribution in [0.5, 0.6) is 0 Å². The van der Waals surface area contributed by atoms with Crippen molar-refractivity contribution in [2.45, 2.75) is 6.92 Å². The minimum Gasteiger partial charge on any atom is -0.398 e. The highest BCUT2D eigenvalue weighted by Crippen LogP contribution is 2.35. The van der Waals surface area contributed by atoms with Crippen molar-refractivity contribution in [1.82, 2.24) is 0 Å². The average Bonchev–Trinajstić information content (AvgIpc) is 2.77. The molecule has 0 radical (unpaired) electrons. The summed E-state index contributed by atoms with van der Waals surface area (Å²) in [6.07, 6.45) is 0. The van der Waals surface area contributed by atoms with E-state index in [-0.39, 0.29) is 0 Å². The SMILES string of the molecule is Cc1ccc(-c2cccc3ccsc23)c(N)c1. The van der Waals surface area contributed by atoms with Gasteiger partial charge in [0.25, 0.3) is 0 Å². The first-order chi connectivity index (χ1) is 8.25. The summed E-state index contributed by atoms with van der Waals surface area (Å²) in [4.78, 5) is 0. The summed E-state index contributed by atoms with van der Waals surface area (Å²) in [6, 6.07) is 14.8. The van der Waals surface area contributed by atoms with Crippen molar-refractivity contribution in [2.75, 3.05) is 5.73 Å². The average molecular weight is 239 g/mol. The van der Waals surface area contributed by atoms with E-state index in [0.29, 0.717) is 0 Å². The van der Waals surface area contributed by atoms with E-state index >= 15 is 0 Å². The van der Waals surface area contributed by atoms with Crippen LogP contribution in [0.3, 0.4) is 0 Å². The highest BCUT2D eigenvalue weighted by atomic mass is 32.1. The van der Waals surface area contributed by atoms with Crippen molar-refractivity contribution >= 4 is 27.1 Å². The normalized spacial score (nSPS) is 10.9. The minimum absolute atomic E-state index is 0.853. The molecule has 0 saturated heterocycles. The molecule has 1 nitrogen and oxygen atoms in total. The van der Waals surface area contributed by atoms with E-state index < -0.39 is 0 Å². The highest BCUT2D eigenvalue weighted by Gasteiger charge is 2.07. The molecule has 1 aromatic heterocycles. The molecule has 3 aromatic rings. The molecule has 2 heteroatoms. The molecule has 0 aliphatic heterocycles. The van der Waals surface area contributed by atoms with Crippen molar-refractivity contribution in [3.8, 4) is 11.1 Å². The minimum atomic E-state index is 0.853. The summed E-state index contributed by atoms with van der Waals surface area (Å²) in [5.41, 5.74) is 10.5. The van der Waals surface area contributed by atoms with E-state index in [1.807, 2.05) is 6.07 Å². The first-order valence-electron chi connectivity index (χ1n) is 5.58. The van der Waals surface area contributed by atoms with E-state index in [2.05, 4.69) is 48.7 Å². The maximum Gasteiger partial charge on any atom is 0.0421 e. The molecular formula is C15H13NS. The van der Waals surface area contributed by atoms with Crippen molar-refractivity contribution in [2.24, 2.45) is 0 Å². The number of nitrogen functional groups attached to an aromatic ring is 1. The second-order valence-corrected chi connectivity index (χ2v) is 5.15. The molecule has 1 heterocycles. The summed E-state index contributed by atoms with van der Waals surface area (Å²) in [5.74, 6) is 0. The second kappa shape index (κ2) is 3.90. The van der Waals surface area contributed by atoms with Crippen molar-refractivity contribution in [1.29, 1.82) is 0 Å². The standard InChI is InChI=1S/C15H13NS/c1-10-5-6-12(14(16)9-10)13-4-2-3-11-7-8-17-15(11)13/h2-9H,16H2,1H3. The molecule has 84 valence electrons. The summed E-state index contributed by atoms with van der Waals surface area (Å²) < 4.78 is 1.31. The van der Waals surface area contributed by atoms with E-state index in [1.165, 1.54) is 21.2 Å². The number of hydrogen-bond donors (Lipinski definition) is 1. The van der Waals surface area contributed by atoms with Crippen LogP contribution in [0.15, 0.2) is 47.8 Å². The number of aryl methyl sites for hydroxylation is 1. The quantitative estimate of drug-likeness (QED) is 0.623. The summed E-state index contributed by atoms with van der Waals surface area (Å²) >= 11 is 1.77. The number of hydrogen-bond acceptors (Lipinski definition) is 2. The third-order valence-electron chi connectivity index (χ3n) is 2.98. The Morgan fingerprint density at radius 3 is 2.71 bits per heavy atom. The van der Waals surface area contributed by atoms with Crippen molar-refractivity contribution < 1.29 is 0 Å². The van der Waals surface area contributed by atoms with Crippen LogP contribution in [-0.4, -0.2) is 0 Å².